The van der Waals surface area contributed by atoms with Gasteiger partial charge < -0.3 is 19.7 Å². The molecule has 0 spiro atoms. The Morgan fingerprint density at radius 3 is 1.86 bits per heavy atom. The van der Waals surface area contributed by atoms with Gasteiger partial charge in [-0.15, -0.1) is 0 Å². The standard InChI is InChI=1S/C15H14N2O2.C6H14O3.C6H10O2/c18-12-16-14(7-3-1-4-8-14)11-15(17-13-19)9-5-2-6-10-15;7-3-1-5-9-6-2-4-8;7-6-4-2-1-3-5-8-6/h1-7,9H,8,10-11H2;7-8H,1-6H2;1-5H2. The molecule has 1 aliphatic heterocycles. The molecule has 3 aliphatic rings. The smallest absolute Gasteiger partial charge is 0.305 e. The molecular weight excluding hydrogens is 464 g/mol. The molecule has 2 unspecified atom stereocenters. The lowest BCUT2D eigenvalue weighted by molar-refractivity contribution is -0.142. The van der Waals surface area contributed by atoms with E-state index in [0.29, 0.717) is 58.3 Å². The van der Waals surface area contributed by atoms with Crippen LogP contribution in [0.25, 0.3) is 0 Å². The third-order valence-electron chi connectivity index (χ3n) is 5.58. The summed E-state index contributed by atoms with van der Waals surface area (Å²) in [5, 5.41) is 16.6. The predicted molar refractivity (Wildman–Crippen MR) is 136 cm³/mol. The number of carbonyl (C=O) groups is 1. The molecule has 0 bridgehead atoms. The maximum absolute atomic E-state index is 10.7. The van der Waals surface area contributed by atoms with Gasteiger partial charge in [0, 0.05) is 39.3 Å². The Balaban J connectivity index is 0.000000317. The van der Waals surface area contributed by atoms with Crippen LogP contribution in [0.3, 0.4) is 0 Å². The molecule has 2 aliphatic carbocycles. The van der Waals surface area contributed by atoms with Crippen molar-refractivity contribution in [1.29, 1.82) is 0 Å². The molecule has 2 N–H and O–H groups in total. The van der Waals surface area contributed by atoms with Crippen LogP contribution in [0.15, 0.2) is 58.6 Å². The fraction of sp³-hybridized carbons (Fsp3) is 0.593. The largest absolute Gasteiger partial charge is 0.466 e. The number of esters is 1. The van der Waals surface area contributed by atoms with Crippen LogP contribution in [-0.2, 0) is 23.9 Å². The number of nitrogens with zero attached hydrogens (tertiary/aromatic N) is 2. The summed E-state index contributed by atoms with van der Waals surface area (Å²) in [6.45, 7) is 2.18. The maximum Gasteiger partial charge on any atom is 0.305 e. The van der Waals surface area contributed by atoms with Crippen molar-refractivity contribution in [3.05, 3.63) is 48.6 Å². The summed E-state index contributed by atoms with van der Waals surface area (Å²) in [6.07, 6.45) is 25.3. The third kappa shape index (κ3) is 13.2. The van der Waals surface area contributed by atoms with E-state index in [4.69, 9.17) is 19.7 Å². The summed E-state index contributed by atoms with van der Waals surface area (Å²) in [5.41, 5.74) is -1.35. The molecule has 0 aromatic heterocycles. The first-order valence-electron chi connectivity index (χ1n) is 12.4. The number of aliphatic hydroxyl groups is 2. The van der Waals surface area contributed by atoms with E-state index in [9.17, 15) is 14.4 Å². The van der Waals surface area contributed by atoms with E-state index in [1.807, 2.05) is 48.6 Å². The zero-order valence-corrected chi connectivity index (χ0v) is 20.8. The molecule has 2 atom stereocenters. The molecule has 1 fully saturated rings. The van der Waals surface area contributed by atoms with Crippen LogP contribution in [0.4, 0.5) is 0 Å². The lowest BCUT2D eigenvalue weighted by Crippen LogP contribution is -2.37. The van der Waals surface area contributed by atoms with E-state index in [2.05, 4.69) is 9.98 Å². The van der Waals surface area contributed by atoms with Crippen molar-refractivity contribution in [2.45, 2.75) is 68.9 Å². The van der Waals surface area contributed by atoms with Crippen molar-refractivity contribution in [3.63, 3.8) is 0 Å². The van der Waals surface area contributed by atoms with Gasteiger partial charge in [-0.1, -0.05) is 48.6 Å². The molecule has 9 heteroatoms. The number of cyclic esters (lactones) is 1. The monoisotopic (exact) mass is 502 g/mol. The molecule has 0 amide bonds. The van der Waals surface area contributed by atoms with Gasteiger partial charge in [0.2, 0.25) is 12.2 Å². The quantitative estimate of drug-likeness (QED) is 0.202. The van der Waals surface area contributed by atoms with E-state index in [0.717, 1.165) is 19.3 Å². The minimum absolute atomic E-state index is 0.0255. The molecule has 36 heavy (non-hydrogen) atoms. The SMILES string of the molecule is O=C1CCCCCO1.O=C=NC1(CC2(N=C=O)C=CC=CC2)C=CC=CC1.OCCCOCCCO. The van der Waals surface area contributed by atoms with E-state index in [1.54, 1.807) is 12.2 Å². The fourth-order valence-corrected chi connectivity index (χ4v) is 3.77. The number of allylic oxidation sites excluding steroid dienone is 4. The Morgan fingerprint density at radius 1 is 0.861 bits per heavy atom. The van der Waals surface area contributed by atoms with Crippen molar-refractivity contribution in [2.75, 3.05) is 33.0 Å². The molecule has 0 aromatic rings. The van der Waals surface area contributed by atoms with Crippen molar-refractivity contribution >= 4 is 18.1 Å². The van der Waals surface area contributed by atoms with Crippen LogP contribution in [0.5, 0.6) is 0 Å². The number of aliphatic hydroxyl groups excluding tert-OH is 2. The molecule has 3 rings (SSSR count). The summed E-state index contributed by atoms with van der Waals surface area (Å²) in [6, 6.07) is 0. The number of isocyanates is 2. The number of hydrogen-bond donors (Lipinski definition) is 2. The maximum atomic E-state index is 10.7. The minimum Gasteiger partial charge on any atom is -0.466 e. The number of carbonyl (C=O) groups excluding carboxylic acids is 3. The first-order chi connectivity index (χ1) is 17.6. The van der Waals surface area contributed by atoms with Crippen LogP contribution < -0.4 is 0 Å². The summed E-state index contributed by atoms with van der Waals surface area (Å²) >= 11 is 0. The first kappa shape index (κ1) is 31.1. The highest BCUT2D eigenvalue weighted by atomic mass is 16.5. The number of ether oxygens (including phenoxy) is 2. The van der Waals surface area contributed by atoms with E-state index < -0.39 is 11.1 Å². The van der Waals surface area contributed by atoms with Gasteiger partial charge in [0.15, 0.2) is 0 Å². The van der Waals surface area contributed by atoms with Gasteiger partial charge >= 0.3 is 5.97 Å². The highest BCUT2D eigenvalue weighted by Gasteiger charge is 2.38. The highest BCUT2D eigenvalue weighted by molar-refractivity contribution is 5.69. The van der Waals surface area contributed by atoms with Crippen molar-refractivity contribution in [3.8, 4) is 0 Å². The van der Waals surface area contributed by atoms with E-state index in [-0.39, 0.29) is 19.2 Å². The first-order valence-corrected chi connectivity index (χ1v) is 12.4. The van der Waals surface area contributed by atoms with Crippen LogP contribution in [0.1, 0.15) is 57.8 Å². The number of aliphatic imine (C=N–C) groups is 2. The Bertz CT molecular complexity index is 788. The van der Waals surface area contributed by atoms with Crippen molar-refractivity contribution in [2.24, 2.45) is 9.98 Å². The van der Waals surface area contributed by atoms with Gasteiger partial charge in [0.1, 0.15) is 0 Å². The lowest BCUT2D eigenvalue weighted by Gasteiger charge is -2.34. The predicted octanol–water partition coefficient (Wildman–Crippen LogP) is 3.43. The summed E-state index contributed by atoms with van der Waals surface area (Å²) in [4.78, 5) is 39.7. The van der Waals surface area contributed by atoms with Crippen molar-refractivity contribution < 1.29 is 34.1 Å². The summed E-state index contributed by atoms with van der Waals surface area (Å²) in [7, 11) is 0. The van der Waals surface area contributed by atoms with Crippen LogP contribution in [-0.4, -0.2) is 72.5 Å². The molecule has 0 aromatic carbocycles. The van der Waals surface area contributed by atoms with Gasteiger partial charge in [0.25, 0.3) is 0 Å². The van der Waals surface area contributed by atoms with Crippen LogP contribution in [0.2, 0.25) is 0 Å². The Kier molecular flexibility index (Phi) is 16.7. The molecule has 0 saturated carbocycles. The Hall–Kier alpha value is -2.93. The number of hydrogen-bond acceptors (Lipinski definition) is 9. The zero-order chi connectivity index (χ0) is 26.4. The topological polar surface area (TPSA) is 135 Å². The van der Waals surface area contributed by atoms with Crippen LogP contribution in [0, 0.1) is 0 Å². The van der Waals surface area contributed by atoms with E-state index in [1.165, 1.54) is 0 Å². The average Bonchev–Trinajstić information content (AvgIpc) is 3.13. The third-order valence-corrected chi connectivity index (χ3v) is 5.58. The molecule has 0 radical (unpaired) electrons. The Labute approximate surface area is 213 Å². The second-order valence-electron chi connectivity index (χ2n) is 8.57. The van der Waals surface area contributed by atoms with Gasteiger partial charge in [-0.05, 0) is 44.9 Å². The van der Waals surface area contributed by atoms with Gasteiger partial charge in [0.05, 0.1) is 17.7 Å². The van der Waals surface area contributed by atoms with Gasteiger partial charge in [-0.25, -0.2) is 9.59 Å². The van der Waals surface area contributed by atoms with Gasteiger partial charge in [-0.3, -0.25) is 4.79 Å². The second-order valence-corrected chi connectivity index (χ2v) is 8.57. The molecule has 198 valence electrons. The molecule has 1 heterocycles. The van der Waals surface area contributed by atoms with Crippen LogP contribution >= 0.6 is 0 Å². The summed E-state index contributed by atoms with van der Waals surface area (Å²) in [5.74, 6) is -0.0255. The second kappa shape index (κ2) is 19.3. The minimum atomic E-state index is -0.674. The van der Waals surface area contributed by atoms with Gasteiger partial charge in [-0.2, -0.15) is 9.98 Å². The average molecular weight is 503 g/mol. The fourth-order valence-electron chi connectivity index (χ4n) is 3.77. The molecular formula is C27H38N2O7. The normalized spacial score (nSPS) is 24.0. The van der Waals surface area contributed by atoms with Crippen molar-refractivity contribution in [1.82, 2.24) is 0 Å². The highest BCUT2D eigenvalue weighted by Crippen LogP contribution is 2.37. The lowest BCUT2D eigenvalue weighted by atomic mass is 9.76. The molecule has 9 nitrogen and oxygen atoms in total. The summed E-state index contributed by atoms with van der Waals surface area (Å²) < 4.78 is 9.76. The number of rotatable bonds is 10. The van der Waals surface area contributed by atoms with E-state index >= 15 is 0 Å². The zero-order valence-electron chi connectivity index (χ0n) is 20.8. The molecule has 1 saturated heterocycles. The Morgan fingerprint density at radius 2 is 1.42 bits per heavy atom.